The molecule has 3 rings (SSSR count). The van der Waals surface area contributed by atoms with Crippen molar-refractivity contribution >= 4 is 17.2 Å². The molecule has 0 radical (unpaired) electrons. The number of benzene rings is 1. The van der Waals surface area contributed by atoms with Gasteiger partial charge >= 0.3 is 0 Å². The van der Waals surface area contributed by atoms with Crippen LogP contribution < -0.4 is 15.1 Å². The summed E-state index contributed by atoms with van der Waals surface area (Å²) < 4.78 is 0. The molecule has 2 heterocycles. The van der Waals surface area contributed by atoms with Crippen LogP contribution >= 0.6 is 0 Å². The largest absolute Gasteiger partial charge is 0.371 e. The van der Waals surface area contributed by atoms with E-state index in [1.165, 1.54) is 16.9 Å². The number of nitrogens with one attached hydrogen (secondary N) is 1. The predicted molar refractivity (Wildman–Crippen MR) is 88.3 cm³/mol. The van der Waals surface area contributed by atoms with Gasteiger partial charge in [0.25, 0.3) is 0 Å². The van der Waals surface area contributed by atoms with Crippen LogP contribution in [0.25, 0.3) is 0 Å². The van der Waals surface area contributed by atoms with Crippen LogP contribution in [-0.4, -0.2) is 31.7 Å². The quantitative estimate of drug-likeness (QED) is 0.934. The lowest BCUT2D eigenvalue weighted by Gasteiger charge is -2.36. The molecule has 1 aromatic heterocycles. The second-order valence-corrected chi connectivity index (χ2v) is 5.37. The van der Waals surface area contributed by atoms with Crippen LogP contribution in [-0.2, 0) is 6.54 Å². The van der Waals surface area contributed by atoms with Crippen molar-refractivity contribution in [3.05, 3.63) is 48.2 Å². The van der Waals surface area contributed by atoms with E-state index in [1.807, 2.05) is 6.20 Å². The number of hydrogen-bond acceptors (Lipinski definition) is 4. The average Bonchev–Trinajstić information content (AvgIpc) is 2.54. The number of fused-ring (bicyclic) bond motifs is 1. The molecule has 4 nitrogen and oxygen atoms in total. The SMILES string of the molecule is CCNCc1ccc(N2CCN(C)c3ccccc32)nc1. The van der Waals surface area contributed by atoms with Crippen molar-refractivity contribution in [2.75, 3.05) is 36.5 Å². The second kappa shape index (κ2) is 6.14. The first-order valence-corrected chi connectivity index (χ1v) is 7.53. The fourth-order valence-electron chi connectivity index (χ4n) is 2.69. The lowest BCUT2D eigenvalue weighted by atomic mass is 10.1. The van der Waals surface area contributed by atoms with Crippen molar-refractivity contribution in [3.8, 4) is 0 Å². The number of para-hydroxylation sites is 2. The van der Waals surface area contributed by atoms with Gasteiger partial charge in [-0.1, -0.05) is 25.1 Å². The number of aromatic nitrogens is 1. The number of likely N-dealkylation sites (N-methyl/N-ethyl adjacent to an activating group) is 1. The Morgan fingerprint density at radius 3 is 2.62 bits per heavy atom. The fraction of sp³-hybridized carbons (Fsp3) is 0.353. The molecule has 2 aromatic rings. The monoisotopic (exact) mass is 282 g/mol. The maximum absolute atomic E-state index is 4.65. The topological polar surface area (TPSA) is 31.4 Å². The molecule has 0 bridgehead atoms. The Kier molecular flexibility index (Phi) is 4.06. The average molecular weight is 282 g/mol. The highest BCUT2D eigenvalue weighted by molar-refractivity contribution is 5.78. The Bertz CT molecular complexity index is 594. The summed E-state index contributed by atoms with van der Waals surface area (Å²) in [5.41, 5.74) is 3.73. The van der Waals surface area contributed by atoms with Crippen LogP contribution in [0.2, 0.25) is 0 Å². The Morgan fingerprint density at radius 1 is 1.10 bits per heavy atom. The number of nitrogens with zero attached hydrogens (tertiary/aromatic N) is 3. The van der Waals surface area contributed by atoms with E-state index in [1.54, 1.807) is 0 Å². The predicted octanol–water partition coefficient (Wildman–Crippen LogP) is 2.78. The molecule has 0 atom stereocenters. The van der Waals surface area contributed by atoms with Crippen molar-refractivity contribution in [1.29, 1.82) is 0 Å². The van der Waals surface area contributed by atoms with Gasteiger partial charge in [0.2, 0.25) is 0 Å². The van der Waals surface area contributed by atoms with Gasteiger partial charge in [0, 0.05) is 32.9 Å². The summed E-state index contributed by atoms with van der Waals surface area (Å²) in [6.45, 7) is 5.95. The first-order valence-electron chi connectivity index (χ1n) is 7.53. The van der Waals surface area contributed by atoms with E-state index in [4.69, 9.17) is 0 Å². The number of pyridine rings is 1. The molecule has 0 amide bonds. The van der Waals surface area contributed by atoms with E-state index in [9.17, 15) is 0 Å². The van der Waals surface area contributed by atoms with Crippen LogP contribution in [0.5, 0.6) is 0 Å². The van der Waals surface area contributed by atoms with Gasteiger partial charge in [-0.25, -0.2) is 4.98 Å². The fourth-order valence-corrected chi connectivity index (χ4v) is 2.69. The maximum atomic E-state index is 4.65. The minimum Gasteiger partial charge on any atom is -0.371 e. The van der Waals surface area contributed by atoms with Gasteiger partial charge < -0.3 is 15.1 Å². The van der Waals surface area contributed by atoms with Crippen LogP contribution in [0, 0.1) is 0 Å². The number of anilines is 3. The number of rotatable bonds is 4. The Balaban J connectivity index is 1.86. The highest BCUT2D eigenvalue weighted by Gasteiger charge is 2.21. The minimum atomic E-state index is 0.878. The van der Waals surface area contributed by atoms with Gasteiger partial charge in [0.15, 0.2) is 0 Å². The van der Waals surface area contributed by atoms with E-state index in [0.29, 0.717) is 0 Å². The molecule has 0 fully saturated rings. The molecule has 110 valence electrons. The van der Waals surface area contributed by atoms with Gasteiger partial charge in [0.1, 0.15) is 5.82 Å². The van der Waals surface area contributed by atoms with E-state index in [-0.39, 0.29) is 0 Å². The Morgan fingerprint density at radius 2 is 1.90 bits per heavy atom. The first-order chi connectivity index (χ1) is 10.3. The summed E-state index contributed by atoms with van der Waals surface area (Å²) in [5.74, 6) is 1.02. The van der Waals surface area contributed by atoms with Crippen molar-refractivity contribution in [2.24, 2.45) is 0 Å². The zero-order valence-corrected chi connectivity index (χ0v) is 12.7. The van der Waals surface area contributed by atoms with E-state index in [2.05, 4.69) is 70.5 Å². The highest BCUT2D eigenvalue weighted by atomic mass is 15.3. The van der Waals surface area contributed by atoms with Gasteiger partial charge in [-0.2, -0.15) is 0 Å². The lowest BCUT2D eigenvalue weighted by molar-refractivity contribution is 0.723. The summed E-state index contributed by atoms with van der Waals surface area (Å²) in [4.78, 5) is 9.24. The van der Waals surface area contributed by atoms with Crippen LogP contribution in [0.4, 0.5) is 17.2 Å². The molecular formula is C17H22N4. The third kappa shape index (κ3) is 2.85. The highest BCUT2D eigenvalue weighted by Crippen LogP contribution is 2.35. The Labute approximate surface area is 126 Å². The van der Waals surface area contributed by atoms with Gasteiger partial charge in [0.05, 0.1) is 11.4 Å². The van der Waals surface area contributed by atoms with Crippen LogP contribution in [0.15, 0.2) is 42.6 Å². The molecular weight excluding hydrogens is 260 g/mol. The molecule has 0 spiro atoms. The molecule has 1 aliphatic heterocycles. The smallest absolute Gasteiger partial charge is 0.133 e. The van der Waals surface area contributed by atoms with Crippen molar-refractivity contribution < 1.29 is 0 Å². The standard InChI is InChI=1S/C17H22N4/c1-3-18-12-14-8-9-17(19-13-14)21-11-10-20(2)15-6-4-5-7-16(15)21/h4-9,13,18H,3,10-12H2,1-2H3. The maximum Gasteiger partial charge on any atom is 0.133 e. The molecule has 1 N–H and O–H groups in total. The molecule has 1 aromatic carbocycles. The van der Waals surface area contributed by atoms with Crippen molar-refractivity contribution in [3.63, 3.8) is 0 Å². The van der Waals surface area contributed by atoms with Gasteiger partial charge in [-0.15, -0.1) is 0 Å². The minimum absolute atomic E-state index is 0.878. The molecule has 21 heavy (non-hydrogen) atoms. The first kappa shape index (κ1) is 13.9. The van der Waals surface area contributed by atoms with Crippen LogP contribution in [0.3, 0.4) is 0 Å². The molecule has 0 saturated heterocycles. The zero-order chi connectivity index (χ0) is 14.7. The third-order valence-corrected chi connectivity index (χ3v) is 3.91. The second-order valence-electron chi connectivity index (χ2n) is 5.37. The van der Waals surface area contributed by atoms with Gasteiger partial charge in [-0.05, 0) is 30.3 Å². The molecule has 4 heteroatoms. The normalized spacial score (nSPS) is 14.2. The molecule has 0 unspecified atom stereocenters. The Hall–Kier alpha value is -2.07. The molecule has 0 saturated carbocycles. The summed E-state index contributed by atoms with van der Waals surface area (Å²) >= 11 is 0. The summed E-state index contributed by atoms with van der Waals surface area (Å²) in [6.07, 6.45) is 1.97. The number of hydrogen-bond donors (Lipinski definition) is 1. The van der Waals surface area contributed by atoms with E-state index < -0.39 is 0 Å². The van der Waals surface area contributed by atoms with E-state index in [0.717, 1.165) is 32.0 Å². The van der Waals surface area contributed by atoms with Crippen molar-refractivity contribution in [1.82, 2.24) is 10.3 Å². The summed E-state index contributed by atoms with van der Waals surface area (Å²) in [7, 11) is 2.14. The van der Waals surface area contributed by atoms with Crippen molar-refractivity contribution in [2.45, 2.75) is 13.5 Å². The molecule has 1 aliphatic rings. The lowest BCUT2D eigenvalue weighted by Crippen LogP contribution is -2.36. The van der Waals surface area contributed by atoms with Gasteiger partial charge in [-0.3, -0.25) is 0 Å². The third-order valence-electron chi connectivity index (χ3n) is 3.91. The summed E-state index contributed by atoms with van der Waals surface area (Å²) in [6, 6.07) is 12.8. The van der Waals surface area contributed by atoms with E-state index >= 15 is 0 Å². The summed E-state index contributed by atoms with van der Waals surface area (Å²) in [5, 5.41) is 3.32. The zero-order valence-electron chi connectivity index (χ0n) is 12.7. The van der Waals surface area contributed by atoms with Crippen LogP contribution in [0.1, 0.15) is 12.5 Å². The molecule has 0 aliphatic carbocycles.